The summed E-state index contributed by atoms with van der Waals surface area (Å²) in [6, 6.07) is 5.22. The van der Waals surface area contributed by atoms with E-state index >= 15 is 0 Å². The summed E-state index contributed by atoms with van der Waals surface area (Å²) < 4.78 is 33.0. The first kappa shape index (κ1) is 15.8. The molecular weight excluding hydrogens is 326 g/mol. The average Bonchev–Trinajstić information content (AvgIpc) is 3.23. The van der Waals surface area contributed by atoms with Crippen LogP contribution in [-0.2, 0) is 22.9 Å². The van der Waals surface area contributed by atoms with Gasteiger partial charge < -0.3 is 4.52 Å². The molecule has 0 spiro atoms. The number of hydrogen-bond acceptors (Lipinski definition) is 5. The number of sulfonamides is 1. The average molecular weight is 347 g/mol. The molecule has 1 unspecified atom stereocenters. The molecule has 128 valence electrons. The van der Waals surface area contributed by atoms with E-state index in [1.807, 2.05) is 12.1 Å². The first-order chi connectivity index (χ1) is 11.6. The summed E-state index contributed by atoms with van der Waals surface area (Å²) >= 11 is 0. The minimum atomic E-state index is -3.55. The standard InChI is InChI=1S/C17H21N3O3S/c1-12-18-17(23-19-12)16-7-4-10-20(16)24(21,22)15-9-8-13-5-2-3-6-14(13)11-15/h8-9,11,16H,2-7,10H2,1H3. The Balaban J connectivity index is 1.69. The maximum Gasteiger partial charge on any atom is 0.245 e. The number of nitrogens with zero attached hydrogens (tertiary/aromatic N) is 3. The summed E-state index contributed by atoms with van der Waals surface area (Å²) in [6.07, 6.45) is 5.84. The second kappa shape index (κ2) is 5.97. The molecule has 0 bridgehead atoms. The summed E-state index contributed by atoms with van der Waals surface area (Å²) in [5.74, 6) is 0.926. The second-order valence-corrected chi connectivity index (χ2v) is 8.48. The number of rotatable bonds is 3. The van der Waals surface area contributed by atoms with Crippen LogP contribution in [0.5, 0.6) is 0 Å². The van der Waals surface area contributed by atoms with Crippen molar-refractivity contribution >= 4 is 10.0 Å². The van der Waals surface area contributed by atoms with E-state index in [0.717, 1.165) is 25.7 Å². The first-order valence-electron chi connectivity index (χ1n) is 8.49. The molecule has 1 fully saturated rings. The molecule has 1 atom stereocenters. The Morgan fingerprint density at radius 1 is 1.17 bits per heavy atom. The highest BCUT2D eigenvalue weighted by molar-refractivity contribution is 7.89. The van der Waals surface area contributed by atoms with Crippen LogP contribution in [0.1, 0.15) is 54.6 Å². The van der Waals surface area contributed by atoms with Crippen LogP contribution in [0.4, 0.5) is 0 Å². The molecule has 1 aliphatic carbocycles. The highest BCUT2D eigenvalue weighted by Gasteiger charge is 2.39. The lowest BCUT2D eigenvalue weighted by Gasteiger charge is -2.23. The molecule has 2 heterocycles. The van der Waals surface area contributed by atoms with Crippen LogP contribution >= 0.6 is 0 Å². The van der Waals surface area contributed by atoms with Gasteiger partial charge in [-0.25, -0.2) is 8.42 Å². The topological polar surface area (TPSA) is 76.3 Å². The number of aromatic nitrogens is 2. The van der Waals surface area contributed by atoms with Gasteiger partial charge in [0.1, 0.15) is 6.04 Å². The van der Waals surface area contributed by atoms with Crippen molar-refractivity contribution in [3.63, 3.8) is 0 Å². The van der Waals surface area contributed by atoms with E-state index < -0.39 is 10.0 Å². The Kier molecular flexibility index (Phi) is 3.92. The van der Waals surface area contributed by atoms with Crippen molar-refractivity contribution in [1.29, 1.82) is 0 Å². The van der Waals surface area contributed by atoms with Gasteiger partial charge >= 0.3 is 0 Å². The minimum Gasteiger partial charge on any atom is -0.338 e. The molecule has 1 aromatic carbocycles. The van der Waals surface area contributed by atoms with Crippen molar-refractivity contribution in [2.24, 2.45) is 0 Å². The smallest absolute Gasteiger partial charge is 0.245 e. The van der Waals surface area contributed by atoms with Crippen LogP contribution in [0.2, 0.25) is 0 Å². The van der Waals surface area contributed by atoms with Crippen LogP contribution < -0.4 is 0 Å². The van der Waals surface area contributed by atoms with Crippen LogP contribution in [-0.4, -0.2) is 29.4 Å². The zero-order valence-corrected chi connectivity index (χ0v) is 14.6. The van der Waals surface area contributed by atoms with Gasteiger partial charge in [-0.3, -0.25) is 0 Å². The quantitative estimate of drug-likeness (QED) is 0.853. The van der Waals surface area contributed by atoms with Gasteiger partial charge in [0.2, 0.25) is 15.9 Å². The molecule has 2 aromatic rings. The zero-order chi connectivity index (χ0) is 16.7. The highest BCUT2D eigenvalue weighted by Crippen LogP contribution is 2.36. The minimum absolute atomic E-state index is 0.354. The number of hydrogen-bond donors (Lipinski definition) is 0. The van der Waals surface area contributed by atoms with Gasteiger partial charge in [-0.05, 0) is 68.7 Å². The van der Waals surface area contributed by atoms with Crippen molar-refractivity contribution in [3.05, 3.63) is 41.0 Å². The predicted octanol–water partition coefficient (Wildman–Crippen LogP) is 2.78. The molecule has 0 amide bonds. The highest BCUT2D eigenvalue weighted by atomic mass is 32.2. The van der Waals surface area contributed by atoms with E-state index in [2.05, 4.69) is 10.1 Å². The monoisotopic (exact) mass is 347 g/mol. The third kappa shape index (κ3) is 2.65. The Hall–Kier alpha value is -1.73. The summed E-state index contributed by atoms with van der Waals surface area (Å²) in [4.78, 5) is 4.62. The fourth-order valence-electron chi connectivity index (χ4n) is 3.73. The van der Waals surface area contributed by atoms with Crippen LogP contribution in [0.25, 0.3) is 0 Å². The van der Waals surface area contributed by atoms with Crippen LogP contribution in [0.3, 0.4) is 0 Å². The fourth-order valence-corrected chi connectivity index (χ4v) is 5.43. The maximum absolute atomic E-state index is 13.1. The maximum atomic E-state index is 13.1. The van der Waals surface area contributed by atoms with Gasteiger partial charge in [-0.2, -0.15) is 9.29 Å². The molecular formula is C17H21N3O3S. The Morgan fingerprint density at radius 2 is 1.96 bits per heavy atom. The molecule has 4 rings (SSSR count). The molecule has 1 aromatic heterocycles. The van der Waals surface area contributed by atoms with E-state index in [0.29, 0.717) is 29.6 Å². The molecule has 1 saturated heterocycles. The van der Waals surface area contributed by atoms with E-state index in [1.54, 1.807) is 13.0 Å². The SMILES string of the molecule is Cc1noc(C2CCCN2S(=O)(=O)c2ccc3c(c2)CCCC3)n1. The number of benzene rings is 1. The third-order valence-corrected chi connectivity index (χ3v) is 6.86. The van der Waals surface area contributed by atoms with E-state index in [-0.39, 0.29) is 6.04 Å². The second-order valence-electron chi connectivity index (χ2n) is 6.59. The lowest BCUT2D eigenvalue weighted by atomic mass is 9.92. The Bertz CT molecular complexity index is 860. The third-order valence-electron chi connectivity index (χ3n) is 4.96. The number of fused-ring (bicyclic) bond motifs is 1. The predicted molar refractivity (Wildman–Crippen MR) is 88.0 cm³/mol. The zero-order valence-electron chi connectivity index (χ0n) is 13.7. The first-order valence-corrected chi connectivity index (χ1v) is 9.93. The summed E-state index contributed by atoms with van der Waals surface area (Å²) in [6.45, 7) is 2.23. The van der Waals surface area contributed by atoms with E-state index in [9.17, 15) is 8.42 Å². The van der Waals surface area contributed by atoms with Gasteiger partial charge in [0.25, 0.3) is 0 Å². The van der Waals surface area contributed by atoms with E-state index in [4.69, 9.17) is 4.52 Å². The molecule has 24 heavy (non-hydrogen) atoms. The molecule has 0 N–H and O–H groups in total. The van der Waals surface area contributed by atoms with Crippen molar-refractivity contribution in [2.75, 3.05) is 6.54 Å². The molecule has 2 aliphatic rings. The molecule has 7 heteroatoms. The van der Waals surface area contributed by atoms with Crippen molar-refractivity contribution in [1.82, 2.24) is 14.4 Å². The molecule has 1 aliphatic heterocycles. The molecule has 6 nitrogen and oxygen atoms in total. The normalized spacial score (nSPS) is 21.8. The summed E-state index contributed by atoms with van der Waals surface area (Å²) in [5, 5.41) is 3.80. The van der Waals surface area contributed by atoms with Gasteiger partial charge in [-0.1, -0.05) is 11.2 Å². The summed E-state index contributed by atoms with van der Waals surface area (Å²) in [7, 11) is -3.55. The van der Waals surface area contributed by atoms with Gasteiger partial charge in [0.15, 0.2) is 5.82 Å². The van der Waals surface area contributed by atoms with Crippen LogP contribution in [0.15, 0.2) is 27.6 Å². The number of aryl methyl sites for hydroxylation is 3. The van der Waals surface area contributed by atoms with Crippen molar-refractivity contribution < 1.29 is 12.9 Å². The largest absolute Gasteiger partial charge is 0.338 e. The van der Waals surface area contributed by atoms with Crippen molar-refractivity contribution in [3.8, 4) is 0 Å². The molecule has 0 saturated carbocycles. The van der Waals surface area contributed by atoms with Gasteiger partial charge in [0, 0.05) is 6.54 Å². The van der Waals surface area contributed by atoms with Gasteiger partial charge in [0.05, 0.1) is 4.90 Å². The Labute approximate surface area is 141 Å². The summed E-state index contributed by atoms with van der Waals surface area (Å²) in [5.41, 5.74) is 2.46. The fraction of sp³-hybridized carbons (Fsp3) is 0.529. The van der Waals surface area contributed by atoms with Gasteiger partial charge in [-0.15, -0.1) is 0 Å². The molecule has 0 radical (unpaired) electrons. The Morgan fingerprint density at radius 3 is 2.71 bits per heavy atom. The van der Waals surface area contributed by atoms with Crippen molar-refractivity contribution in [2.45, 2.75) is 56.4 Å². The lowest BCUT2D eigenvalue weighted by molar-refractivity contribution is 0.289. The lowest BCUT2D eigenvalue weighted by Crippen LogP contribution is -2.31. The van der Waals surface area contributed by atoms with Crippen LogP contribution in [0, 0.1) is 6.92 Å². The van der Waals surface area contributed by atoms with E-state index in [1.165, 1.54) is 21.9 Å².